The van der Waals surface area contributed by atoms with Crippen LogP contribution in [0.25, 0.3) is 0 Å². The first-order valence-electron chi connectivity index (χ1n) is 5.75. The summed E-state index contributed by atoms with van der Waals surface area (Å²) in [7, 11) is 0. The van der Waals surface area contributed by atoms with Crippen molar-refractivity contribution in [2.45, 2.75) is 53.0 Å². The van der Waals surface area contributed by atoms with E-state index in [9.17, 15) is 0 Å². The maximum Gasteiger partial charge on any atom is 0.0129 e. The molecule has 0 saturated heterocycles. The van der Waals surface area contributed by atoms with Crippen LogP contribution in [-0.2, 0) is 0 Å². The van der Waals surface area contributed by atoms with Crippen LogP contribution in [0, 0.1) is 16.7 Å². The number of nitrogens with one attached hydrogen (secondary N) is 1. The highest BCUT2D eigenvalue weighted by Crippen LogP contribution is 2.65. The summed E-state index contributed by atoms with van der Waals surface area (Å²) in [5.41, 5.74) is 1.13. The molecule has 1 heteroatoms. The summed E-state index contributed by atoms with van der Waals surface area (Å²) in [6, 6.07) is 0.784. The Hall–Kier alpha value is -0.0400. The smallest absolute Gasteiger partial charge is 0.0129 e. The molecule has 2 aliphatic carbocycles. The van der Waals surface area contributed by atoms with Gasteiger partial charge in [-0.3, -0.25) is 0 Å². The zero-order valence-corrected chi connectivity index (χ0v) is 9.48. The van der Waals surface area contributed by atoms with E-state index >= 15 is 0 Å². The van der Waals surface area contributed by atoms with Crippen LogP contribution in [-0.4, -0.2) is 12.6 Å². The molecule has 2 unspecified atom stereocenters. The Morgan fingerprint density at radius 1 is 1.31 bits per heavy atom. The molecule has 0 aromatic rings. The standard InChI is InChI=1S/C12H23N/c1-5-13-10-8-9-6-7-12(10,4)11(9,2)3/h9-10,13H,5-8H2,1-4H3/t9?,10?,12-/m0/s1. The number of fused-ring (bicyclic) bond motifs is 2. The van der Waals surface area contributed by atoms with Gasteiger partial charge in [-0.25, -0.2) is 0 Å². The van der Waals surface area contributed by atoms with E-state index < -0.39 is 0 Å². The van der Waals surface area contributed by atoms with Crippen LogP contribution in [0.4, 0.5) is 0 Å². The Morgan fingerprint density at radius 2 is 2.00 bits per heavy atom. The van der Waals surface area contributed by atoms with Gasteiger partial charge in [0, 0.05) is 6.04 Å². The molecular formula is C12H23N. The molecule has 0 aromatic heterocycles. The van der Waals surface area contributed by atoms with Gasteiger partial charge in [-0.15, -0.1) is 0 Å². The summed E-state index contributed by atoms with van der Waals surface area (Å²) in [5.74, 6) is 0.974. The highest BCUT2D eigenvalue weighted by atomic mass is 15.0. The Kier molecular flexibility index (Phi) is 1.99. The monoisotopic (exact) mass is 181 g/mol. The van der Waals surface area contributed by atoms with Gasteiger partial charge < -0.3 is 5.32 Å². The van der Waals surface area contributed by atoms with E-state index in [0.717, 1.165) is 18.5 Å². The molecule has 2 rings (SSSR count). The number of hydrogen-bond acceptors (Lipinski definition) is 1. The molecular weight excluding hydrogens is 158 g/mol. The van der Waals surface area contributed by atoms with Gasteiger partial charge in [-0.2, -0.15) is 0 Å². The van der Waals surface area contributed by atoms with Gasteiger partial charge in [0.25, 0.3) is 0 Å². The van der Waals surface area contributed by atoms with Crippen molar-refractivity contribution in [2.24, 2.45) is 16.7 Å². The first-order valence-corrected chi connectivity index (χ1v) is 5.75. The van der Waals surface area contributed by atoms with E-state index in [1.807, 2.05) is 0 Å². The van der Waals surface area contributed by atoms with Crippen LogP contribution < -0.4 is 5.32 Å². The van der Waals surface area contributed by atoms with Crippen molar-refractivity contribution in [3.05, 3.63) is 0 Å². The molecule has 1 N–H and O–H groups in total. The number of hydrogen-bond donors (Lipinski definition) is 1. The molecule has 0 aliphatic heterocycles. The van der Waals surface area contributed by atoms with Gasteiger partial charge in [0.15, 0.2) is 0 Å². The minimum Gasteiger partial charge on any atom is -0.314 e. The topological polar surface area (TPSA) is 12.0 Å². The molecule has 2 bridgehead atoms. The third-order valence-electron chi connectivity index (χ3n) is 5.24. The van der Waals surface area contributed by atoms with Gasteiger partial charge >= 0.3 is 0 Å². The maximum atomic E-state index is 3.67. The zero-order chi connectivity index (χ0) is 9.69. The molecule has 2 fully saturated rings. The third-order valence-corrected chi connectivity index (χ3v) is 5.24. The minimum absolute atomic E-state index is 0.563. The summed E-state index contributed by atoms with van der Waals surface area (Å²) < 4.78 is 0. The molecule has 0 amide bonds. The lowest BCUT2D eigenvalue weighted by Gasteiger charge is -2.39. The second kappa shape index (κ2) is 2.73. The first-order chi connectivity index (χ1) is 6.02. The summed E-state index contributed by atoms with van der Waals surface area (Å²) >= 11 is 0. The van der Waals surface area contributed by atoms with Crippen LogP contribution in [0.3, 0.4) is 0 Å². The van der Waals surface area contributed by atoms with Crippen LogP contribution in [0.5, 0.6) is 0 Å². The van der Waals surface area contributed by atoms with Crippen LogP contribution in [0.2, 0.25) is 0 Å². The molecule has 2 saturated carbocycles. The largest absolute Gasteiger partial charge is 0.314 e. The molecule has 13 heavy (non-hydrogen) atoms. The average Bonchev–Trinajstić information content (AvgIpc) is 2.37. The van der Waals surface area contributed by atoms with Crippen LogP contribution in [0.15, 0.2) is 0 Å². The van der Waals surface area contributed by atoms with E-state index in [2.05, 4.69) is 33.0 Å². The van der Waals surface area contributed by atoms with E-state index in [-0.39, 0.29) is 0 Å². The van der Waals surface area contributed by atoms with Gasteiger partial charge in [0.2, 0.25) is 0 Å². The van der Waals surface area contributed by atoms with Gasteiger partial charge in [0.1, 0.15) is 0 Å². The molecule has 0 aromatic carbocycles. The third kappa shape index (κ3) is 1.03. The first kappa shape index (κ1) is 9.51. The molecule has 0 radical (unpaired) electrons. The Balaban J connectivity index is 2.22. The van der Waals surface area contributed by atoms with Crippen molar-refractivity contribution in [2.75, 3.05) is 6.54 Å². The van der Waals surface area contributed by atoms with Crippen molar-refractivity contribution in [1.82, 2.24) is 5.32 Å². The van der Waals surface area contributed by atoms with Crippen molar-refractivity contribution in [1.29, 1.82) is 0 Å². The van der Waals surface area contributed by atoms with Crippen LogP contribution >= 0.6 is 0 Å². The lowest BCUT2D eigenvalue weighted by Crippen LogP contribution is -2.44. The zero-order valence-electron chi connectivity index (χ0n) is 9.48. The fourth-order valence-electron chi connectivity index (χ4n) is 3.76. The SMILES string of the molecule is CCNC1CC2CC[C@]1(C)C2(C)C. The van der Waals surface area contributed by atoms with Crippen molar-refractivity contribution in [3.8, 4) is 0 Å². The summed E-state index contributed by atoms with van der Waals surface area (Å²) in [5, 5.41) is 3.67. The predicted octanol–water partition coefficient (Wildman–Crippen LogP) is 2.81. The predicted molar refractivity (Wildman–Crippen MR) is 56.7 cm³/mol. The molecule has 76 valence electrons. The molecule has 2 aliphatic rings. The number of rotatable bonds is 2. The second-order valence-corrected chi connectivity index (χ2v) is 5.72. The van der Waals surface area contributed by atoms with Gasteiger partial charge in [-0.1, -0.05) is 27.7 Å². The molecule has 3 atom stereocenters. The highest BCUT2D eigenvalue weighted by molar-refractivity contribution is 5.12. The summed E-state index contributed by atoms with van der Waals surface area (Å²) in [4.78, 5) is 0. The fraction of sp³-hybridized carbons (Fsp3) is 1.00. The minimum atomic E-state index is 0.563. The van der Waals surface area contributed by atoms with E-state index in [1.54, 1.807) is 0 Å². The van der Waals surface area contributed by atoms with Crippen molar-refractivity contribution >= 4 is 0 Å². The van der Waals surface area contributed by atoms with E-state index in [4.69, 9.17) is 0 Å². The van der Waals surface area contributed by atoms with E-state index in [0.29, 0.717) is 10.8 Å². The Bertz CT molecular complexity index is 209. The molecule has 1 nitrogen and oxygen atoms in total. The lowest BCUT2D eigenvalue weighted by atomic mass is 9.69. The maximum absolute atomic E-state index is 3.67. The Morgan fingerprint density at radius 3 is 2.38 bits per heavy atom. The quantitative estimate of drug-likeness (QED) is 0.690. The average molecular weight is 181 g/mol. The fourth-order valence-corrected chi connectivity index (χ4v) is 3.76. The normalized spacial score (nSPS) is 47.1. The highest BCUT2D eigenvalue weighted by Gasteiger charge is 2.60. The second-order valence-electron chi connectivity index (χ2n) is 5.72. The summed E-state index contributed by atoms with van der Waals surface area (Å²) in [6.45, 7) is 10.8. The molecule has 0 spiro atoms. The lowest BCUT2D eigenvalue weighted by molar-refractivity contribution is 0.122. The molecule has 0 heterocycles. The van der Waals surface area contributed by atoms with Crippen molar-refractivity contribution in [3.63, 3.8) is 0 Å². The Labute approximate surface area is 82.3 Å². The van der Waals surface area contributed by atoms with Crippen molar-refractivity contribution < 1.29 is 0 Å². The van der Waals surface area contributed by atoms with Crippen LogP contribution in [0.1, 0.15) is 47.0 Å². The van der Waals surface area contributed by atoms with E-state index in [1.165, 1.54) is 19.3 Å². The van der Waals surface area contributed by atoms with Gasteiger partial charge in [-0.05, 0) is 42.6 Å². The summed E-state index contributed by atoms with van der Waals surface area (Å²) in [6.07, 6.45) is 4.31. The van der Waals surface area contributed by atoms with Gasteiger partial charge in [0.05, 0.1) is 0 Å².